The molecule has 0 radical (unpaired) electrons. The number of nitrogens with two attached hydrogens (primary N) is 1. The smallest absolute Gasteiger partial charge is 0.417 e. The van der Waals surface area contributed by atoms with Gasteiger partial charge in [-0.2, -0.15) is 26.3 Å². The van der Waals surface area contributed by atoms with Crippen LogP contribution in [0, 0.1) is 6.92 Å². The molecule has 4 nitrogen and oxygen atoms in total. The monoisotopic (exact) mass is 509 g/mol. The molecule has 4 aromatic rings. The number of unbranched alkanes of at least 4 members (excludes halogenated alkanes) is 1. The van der Waals surface area contributed by atoms with Gasteiger partial charge < -0.3 is 15.5 Å². The summed E-state index contributed by atoms with van der Waals surface area (Å²) in [4.78, 5) is 7.45. The largest absolute Gasteiger partial charge is 0.492 e. The Morgan fingerprint density at radius 1 is 0.972 bits per heavy atom. The summed E-state index contributed by atoms with van der Waals surface area (Å²) in [7, 11) is 0. The molecule has 2 heterocycles. The summed E-state index contributed by atoms with van der Waals surface area (Å²) >= 11 is 0. The van der Waals surface area contributed by atoms with Gasteiger partial charge in [0.15, 0.2) is 0 Å². The number of alkyl halides is 6. The molecule has 0 aliphatic heterocycles. The van der Waals surface area contributed by atoms with Crippen LogP contribution < -0.4 is 10.5 Å². The van der Waals surface area contributed by atoms with Crippen molar-refractivity contribution in [2.24, 2.45) is 5.73 Å². The SMILES string of the molecule is CCOc1ccc(-c2[nH]c3cc(C(F)(F)F)cc(C(F)(F)F)c3c2CCCCN)c2ccc(C)nc12. The molecule has 10 heteroatoms. The first-order valence-corrected chi connectivity index (χ1v) is 11.5. The molecular formula is C26H25F6N3O. The van der Waals surface area contributed by atoms with Gasteiger partial charge in [-0.05, 0) is 75.5 Å². The zero-order valence-electron chi connectivity index (χ0n) is 19.7. The van der Waals surface area contributed by atoms with Crippen molar-refractivity contribution in [3.05, 3.63) is 58.8 Å². The predicted octanol–water partition coefficient (Wildman–Crippen LogP) is 7.41. The quantitative estimate of drug-likeness (QED) is 0.201. The van der Waals surface area contributed by atoms with Crippen molar-refractivity contribution in [3.8, 4) is 17.0 Å². The maximum absolute atomic E-state index is 14.1. The molecule has 0 unspecified atom stereocenters. The number of aryl methyl sites for hydroxylation is 2. The first-order chi connectivity index (χ1) is 17.0. The van der Waals surface area contributed by atoms with E-state index in [0.29, 0.717) is 59.5 Å². The van der Waals surface area contributed by atoms with E-state index in [-0.39, 0.29) is 23.4 Å². The lowest BCUT2D eigenvalue weighted by molar-refractivity contribution is -0.142. The van der Waals surface area contributed by atoms with Crippen molar-refractivity contribution in [1.29, 1.82) is 0 Å². The van der Waals surface area contributed by atoms with Crippen molar-refractivity contribution < 1.29 is 31.1 Å². The highest BCUT2D eigenvalue weighted by molar-refractivity contribution is 6.02. The summed E-state index contributed by atoms with van der Waals surface area (Å²) in [6, 6.07) is 7.85. The third-order valence-electron chi connectivity index (χ3n) is 6.04. The van der Waals surface area contributed by atoms with E-state index in [9.17, 15) is 26.3 Å². The molecule has 0 saturated heterocycles. The van der Waals surface area contributed by atoms with Gasteiger partial charge in [-0.15, -0.1) is 0 Å². The molecular weight excluding hydrogens is 484 g/mol. The predicted molar refractivity (Wildman–Crippen MR) is 127 cm³/mol. The van der Waals surface area contributed by atoms with E-state index in [1.54, 1.807) is 31.2 Å². The van der Waals surface area contributed by atoms with Gasteiger partial charge in [0.1, 0.15) is 11.3 Å². The van der Waals surface area contributed by atoms with Crippen LogP contribution in [0.15, 0.2) is 36.4 Å². The number of nitrogens with one attached hydrogen (secondary N) is 1. The van der Waals surface area contributed by atoms with E-state index < -0.39 is 23.5 Å². The van der Waals surface area contributed by atoms with E-state index in [0.717, 1.165) is 11.8 Å². The number of aromatic nitrogens is 2. The van der Waals surface area contributed by atoms with Crippen molar-refractivity contribution in [3.63, 3.8) is 0 Å². The summed E-state index contributed by atoms with van der Waals surface area (Å²) in [5, 5.41) is 0.354. The van der Waals surface area contributed by atoms with Crippen LogP contribution in [0.25, 0.3) is 33.1 Å². The molecule has 0 fully saturated rings. The Morgan fingerprint density at radius 3 is 2.36 bits per heavy atom. The van der Waals surface area contributed by atoms with Gasteiger partial charge in [0.2, 0.25) is 0 Å². The molecule has 0 amide bonds. The number of halogens is 6. The van der Waals surface area contributed by atoms with Crippen LogP contribution in [-0.4, -0.2) is 23.1 Å². The Kier molecular flexibility index (Phi) is 6.92. The normalized spacial score (nSPS) is 12.6. The third kappa shape index (κ3) is 4.86. The van der Waals surface area contributed by atoms with Crippen LogP contribution in [0.1, 0.15) is 42.1 Å². The van der Waals surface area contributed by atoms with E-state index in [1.807, 2.05) is 6.92 Å². The fraction of sp³-hybridized carbons (Fsp3) is 0.346. The molecule has 0 spiro atoms. The molecule has 2 aromatic heterocycles. The Hall–Kier alpha value is -3.27. The highest BCUT2D eigenvalue weighted by Crippen LogP contribution is 2.45. The van der Waals surface area contributed by atoms with Gasteiger partial charge >= 0.3 is 12.4 Å². The van der Waals surface area contributed by atoms with Crippen LogP contribution in [-0.2, 0) is 18.8 Å². The maximum Gasteiger partial charge on any atom is 0.417 e. The molecule has 2 aromatic carbocycles. The number of hydrogen-bond acceptors (Lipinski definition) is 3. The number of aromatic amines is 1. The molecule has 3 N–H and O–H groups in total. The topological polar surface area (TPSA) is 63.9 Å². The Bertz CT molecular complexity index is 1410. The van der Waals surface area contributed by atoms with Crippen LogP contribution in [0.2, 0.25) is 0 Å². The molecule has 0 aliphatic carbocycles. The lowest BCUT2D eigenvalue weighted by atomic mass is 9.94. The second-order valence-corrected chi connectivity index (χ2v) is 8.56. The lowest BCUT2D eigenvalue weighted by Gasteiger charge is -2.15. The Labute approximate surface area is 203 Å². The Morgan fingerprint density at radius 2 is 1.72 bits per heavy atom. The number of rotatable bonds is 7. The number of benzene rings is 2. The molecule has 0 atom stereocenters. The highest BCUT2D eigenvalue weighted by Gasteiger charge is 2.39. The molecule has 0 aliphatic rings. The van der Waals surface area contributed by atoms with Crippen LogP contribution in [0.5, 0.6) is 5.75 Å². The zero-order chi connectivity index (χ0) is 26.3. The number of H-pyrrole nitrogens is 1. The van der Waals surface area contributed by atoms with E-state index >= 15 is 0 Å². The van der Waals surface area contributed by atoms with Crippen LogP contribution >= 0.6 is 0 Å². The van der Waals surface area contributed by atoms with Crippen LogP contribution in [0.3, 0.4) is 0 Å². The minimum Gasteiger partial charge on any atom is -0.492 e. The standard InChI is InChI=1S/C26H25F6N3O/c1-3-36-21-10-9-16(17-8-7-14(2)34-24(17)21)23-18(6-4-5-11-33)22-19(26(30,31)32)12-15(25(27,28)29)13-20(22)35-23/h7-10,12-13,35H,3-6,11,33H2,1-2H3. The summed E-state index contributed by atoms with van der Waals surface area (Å²) < 4.78 is 88.4. The summed E-state index contributed by atoms with van der Waals surface area (Å²) in [6.45, 7) is 4.35. The number of pyridine rings is 1. The van der Waals surface area contributed by atoms with Crippen molar-refractivity contribution >= 4 is 21.8 Å². The van der Waals surface area contributed by atoms with Gasteiger partial charge in [-0.1, -0.05) is 6.07 Å². The third-order valence-corrected chi connectivity index (χ3v) is 6.04. The maximum atomic E-state index is 14.1. The average Bonchev–Trinajstić information content (AvgIpc) is 3.16. The molecule has 0 bridgehead atoms. The first-order valence-electron chi connectivity index (χ1n) is 11.5. The van der Waals surface area contributed by atoms with Gasteiger partial charge in [0, 0.05) is 27.5 Å². The minimum atomic E-state index is -4.98. The van der Waals surface area contributed by atoms with Gasteiger partial charge in [-0.25, -0.2) is 4.98 Å². The molecule has 0 saturated carbocycles. The second kappa shape index (κ2) is 9.65. The average molecular weight is 509 g/mol. The zero-order valence-corrected chi connectivity index (χ0v) is 19.7. The van der Waals surface area contributed by atoms with Gasteiger partial charge in [0.05, 0.1) is 23.4 Å². The van der Waals surface area contributed by atoms with Crippen molar-refractivity contribution in [1.82, 2.24) is 9.97 Å². The van der Waals surface area contributed by atoms with Crippen molar-refractivity contribution in [2.45, 2.75) is 45.5 Å². The van der Waals surface area contributed by atoms with E-state index in [4.69, 9.17) is 10.5 Å². The fourth-order valence-electron chi connectivity index (χ4n) is 4.49. The molecule has 4 rings (SSSR count). The molecule has 36 heavy (non-hydrogen) atoms. The molecule has 192 valence electrons. The lowest BCUT2D eigenvalue weighted by Crippen LogP contribution is -2.11. The summed E-state index contributed by atoms with van der Waals surface area (Å²) in [5.41, 5.74) is 5.08. The minimum absolute atomic E-state index is 0.188. The summed E-state index contributed by atoms with van der Waals surface area (Å²) in [5.74, 6) is 0.510. The Balaban J connectivity index is 2.08. The number of hydrogen-bond donors (Lipinski definition) is 2. The second-order valence-electron chi connectivity index (χ2n) is 8.56. The number of nitrogens with zero attached hydrogens (tertiary/aromatic N) is 1. The summed E-state index contributed by atoms with van der Waals surface area (Å²) in [6.07, 6.45) is -8.69. The van der Waals surface area contributed by atoms with Gasteiger partial charge in [0.25, 0.3) is 0 Å². The van der Waals surface area contributed by atoms with Crippen LogP contribution in [0.4, 0.5) is 26.3 Å². The van der Waals surface area contributed by atoms with E-state index in [1.165, 1.54) is 0 Å². The first kappa shape index (κ1) is 25.8. The fourth-order valence-corrected chi connectivity index (χ4v) is 4.49. The highest BCUT2D eigenvalue weighted by atomic mass is 19.4. The number of fused-ring (bicyclic) bond motifs is 2. The number of ether oxygens (including phenoxy) is 1. The van der Waals surface area contributed by atoms with E-state index in [2.05, 4.69) is 9.97 Å². The van der Waals surface area contributed by atoms with Crippen molar-refractivity contribution in [2.75, 3.05) is 13.2 Å². The van der Waals surface area contributed by atoms with Gasteiger partial charge in [-0.3, -0.25) is 0 Å².